The lowest BCUT2D eigenvalue weighted by Gasteiger charge is -1.99. The van der Waals surface area contributed by atoms with Crippen LogP contribution >= 0.6 is 11.5 Å². The summed E-state index contributed by atoms with van der Waals surface area (Å²) in [5, 5.41) is 3.56. The van der Waals surface area contributed by atoms with Crippen molar-refractivity contribution in [1.82, 2.24) is 9.59 Å². The largest absolute Gasteiger partial charge is 0.461 e. The van der Waals surface area contributed by atoms with E-state index in [0.29, 0.717) is 11.5 Å². The minimum atomic E-state index is -0.323. The van der Waals surface area contributed by atoms with E-state index in [0.717, 1.165) is 24.4 Å². The molecule has 1 aromatic rings. The van der Waals surface area contributed by atoms with Gasteiger partial charge in [0.1, 0.15) is 0 Å². The molecule has 1 aromatic heterocycles. The fraction of sp³-hybridized carbons (Fsp3) is 0.375. The van der Waals surface area contributed by atoms with Crippen LogP contribution in [0.3, 0.4) is 0 Å². The van der Waals surface area contributed by atoms with Crippen molar-refractivity contribution < 1.29 is 9.53 Å². The first-order chi connectivity index (χ1) is 6.36. The first kappa shape index (κ1) is 8.37. The molecule has 2 rings (SSSR count). The van der Waals surface area contributed by atoms with Gasteiger partial charge in [-0.2, -0.15) is 0 Å². The van der Waals surface area contributed by atoms with E-state index in [4.69, 9.17) is 4.74 Å². The standard InChI is InChI=1S/C8H8N2O2S/c11-8(7-5-9-10-13-7)12-4-3-6-1-2-6/h1,5H,2-4H2. The maximum atomic E-state index is 11.2. The van der Waals surface area contributed by atoms with Gasteiger partial charge >= 0.3 is 5.97 Å². The van der Waals surface area contributed by atoms with E-state index in [1.54, 1.807) is 0 Å². The van der Waals surface area contributed by atoms with E-state index in [9.17, 15) is 4.79 Å². The maximum Gasteiger partial charge on any atom is 0.351 e. The van der Waals surface area contributed by atoms with Gasteiger partial charge in [0.05, 0.1) is 12.8 Å². The number of ether oxygens (including phenoxy) is 1. The monoisotopic (exact) mass is 196 g/mol. The average Bonchev–Trinajstić information content (AvgIpc) is 2.80. The molecule has 13 heavy (non-hydrogen) atoms. The zero-order valence-electron chi connectivity index (χ0n) is 6.90. The first-order valence-corrected chi connectivity index (χ1v) is 4.76. The van der Waals surface area contributed by atoms with E-state index < -0.39 is 0 Å². The number of hydrogen-bond donors (Lipinski definition) is 0. The van der Waals surface area contributed by atoms with Crippen LogP contribution in [0.15, 0.2) is 17.8 Å². The second-order valence-corrected chi connectivity index (χ2v) is 3.52. The van der Waals surface area contributed by atoms with Crippen molar-refractivity contribution in [2.24, 2.45) is 0 Å². The highest BCUT2D eigenvalue weighted by Crippen LogP contribution is 2.21. The third kappa shape index (κ3) is 2.35. The Hall–Kier alpha value is -1.23. The maximum absolute atomic E-state index is 11.2. The van der Waals surface area contributed by atoms with Crippen LogP contribution in [0, 0.1) is 0 Å². The molecule has 0 spiro atoms. The second kappa shape index (κ2) is 3.66. The van der Waals surface area contributed by atoms with E-state index >= 15 is 0 Å². The van der Waals surface area contributed by atoms with Crippen molar-refractivity contribution in [2.45, 2.75) is 12.8 Å². The Kier molecular flexibility index (Phi) is 2.35. The van der Waals surface area contributed by atoms with E-state index in [1.165, 1.54) is 11.8 Å². The molecule has 0 bridgehead atoms. The molecule has 0 saturated heterocycles. The number of aromatic nitrogens is 2. The van der Waals surface area contributed by atoms with E-state index in [1.807, 2.05) is 0 Å². The molecule has 5 heteroatoms. The summed E-state index contributed by atoms with van der Waals surface area (Å²) in [5.41, 5.74) is 1.37. The van der Waals surface area contributed by atoms with Crippen LogP contribution < -0.4 is 0 Å². The highest BCUT2D eigenvalue weighted by molar-refractivity contribution is 7.07. The summed E-state index contributed by atoms with van der Waals surface area (Å²) in [7, 11) is 0. The molecule has 0 saturated carbocycles. The van der Waals surface area contributed by atoms with Gasteiger partial charge < -0.3 is 4.74 Å². The number of carbonyl (C=O) groups is 1. The predicted octanol–water partition coefficient (Wildman–Crippen LogP) is 1.42. The molecule has 0 radical (unpaired) electrons. The number of allylic oxidation sites excluding steroid dienone is 1. The lowest BCUT2D eigenvalue weighted by molar-refractivity contribution is 0.0515. The molecule has 0 N–H and O–H groups in total. The fourth-order valence-electron chi connectivity index (χ4n) is 0.879. The van der Waals surface area contributed by atoms with Gasteiger partial charge in [-0.3, -0.25) is 0 Å². The van der Waals surface area contributed by atoms with E-state index in [-0.39, 0.29) is 5.97 Å². The lowest BCUT2D eigenvalue weighted by atomic mass is 10.4. The summed E-state index contributed by atoms with van der Waals surface area (Å²) >= 11 is 1.06. The van der Waals surface area contributed by atoms with Crippen LogP contribution in [0.1, 0.15) is 22.5 Å². The quantitative estimate of drug-likeness (QED) is 0.539. The van der Waals surface area contributed by atoms with E-state index in [2.05, 4.69) is 15.7 Å². The zero-order valence-corrected chi connectivity index (χ0v) is 7.71. The molecule has 0 aliphatic heterocycles. The Morgan fingerprint density at radius 3 is 3.15 bits per heavy atom. The summed E-state index contributed by atoms with van der Waals surface area (Å²) in [5.74, 6) is -0.323. The van der Waals surface area contributed by atoms with Gasteiger partial charge in [-0.05, 0) is 18.0 Å². The van der Waals surface area contributed by atoms with Gasteiger partial charge in [-0.25, -0.2) is 4.79 Å². The normalized spacial score (nSPS) is 13.7. The van der Waals surface area contributed by atoms with Crippen LogP contribution in [-0.4, -0.2) is 22.2 Å². The Morgan fingerprint density at radius 2 is 2.54 bits per heavy atom. The van der Waals surface area contributed by atoms with Gasteiger partial charge in [0.2, 0.25) is 0 Å². The van der Waals surface area contributed by atoms with Gasteiger partial charge in [0.15, 0.2) is 4.88 Å². The molecule has 0 unspecified atom stereocenters. The zero-order chi connectivity index (χ0) is 9.10. The van der Waals surface area contributed by atoms with Crippen LogP contribution in [0.5, 0.6) is 0 Å². The number of rotatable bonds is 4. The molecule has 1 aliphatic carbocycles. The molecular weight excluding hydrogens is 188 g/mol. The lowest BCUT2D eigenvalue weighted by Crippen LogP contribution is -2.04. The topological polar surface area (TPSA) is 52.1 Å². The summed E-state index contributed by atoms with van der Waals surface area (Å²) in [4.78, 5) is 11.7. The summed E-state index contributed by atoms with van der Waals surface area (Å²) < 4.78 is 8.57. The molecule has 1 aliphatic rings. The highest BCUT2D eigenvalue weighted by Gasteiger charge is 2.11. The minimum Gasteiger partial charge on any atom is -0.461 e. The average molecular weight is 196 g/mol. The molecule has 68 valence electrons. The highest BCUT2D eigenvalue weighted by atomic mass is 32.1. The third-order valence-corrected chi connectivity index (χ3v) is 2.36. The molecule has 0 atom stereocenters. The van der Waals surface area contributed by atoms with Gasteiger partial charge in [0.25, 0.3) is 0 Å². The SMILES string of the molecule is O=C(OCCC1=CC1)c1cnns1. The molecule has 0 aromatic carbocycles. The fourth-order valence-corrected chi connectivity index (χ4v) is 1.29. The van der Waals surface area contributed by atoms with Gasteiger partial charge in [0, 0.05) is 6.42 Å². The second-order valence-electron chi connectivity index (χ2n) is 2.73. The number of carbonyl (C=O) groups excluding carboxylic acids is 1. The number of hydrogen-bond acceptors (Lipinski definition) is 5. The third-order valence-electron chi connectivity index (χ3n) is 1.71. The van der Waals surface area contributed by atoms with Crippen molar-refractivity contribution >= 4 is 17.5 Å². The summed E-state index contributed by atoms with van der Waals surface area (Å²) in [6.07, 6.45) is 5.49. The Balaban J connectivity index is 1.75. The Bertz CT molecular complexity index is 332. The smallest absolute Gasteiger partial charge is 0.351 e. The van der Waals surface area contributed by atoms with Crippen LogP contribution in [0.2, 0.25) is 0 Å². The molecule has 1 heterocycles. The van der Waals surface area contributed by atoms with Crippen molar-refractivity contribution in [3.63, 3.8) is 0 Å². The predicted molar refractivity (Wildman–Crippen MR) is 47.5 cm³/mol. The van der Waals surface area contributed by atoms with Gasteiger partial charge in [-0.1, -0.05) is 16.1 Å². The Labute approximate surface area is 79.4 Å². The van der Waals surface area contributed by atoms with Gasteiger partial charge in [-0.15, -0.1) is 5.10 Å². The van der Waals surface area contributed by atoms with Crippen molar-refractivity contribution in [3.8, 4) is 0 Å². The summed E-state index contributed by atoms with van der Waals surface area (Å²) in [6, 6.07) is 0. The molecule has 4 nitrogen and oxygen atoms in total. The molecule has 0 fully saturated rings. The van der Waals surface area contributed by atoms with Crippen LogP contribution in [-0.2, 0) is 4.74 Å². The van der Waals surface area contributed by atoms with Crippen LogP contribution in [0.4, 0.5) is 0 Å². The minimum absolute atomic E-state index is 0.323. The van der Waals surface area contributed by atoms with Crippen LogP contribution in [0.25, 0.3) is 0 Å². The van der Waals surface area contributed by atoms with Crippen molar-refractivity contribution in [3.05, 3.63) is 22.7 Å². The molecule has 0 amide bonds. The molecular formula is C8H8N2O2S. The van der Waals surface area contributed by atoms with Crippen molar-refractivity contribution in [2.75, 3.05) is 6.61 Å². The number of nitrogens with zero attached hydrogens (tertiary/aromatic N) is 2. The number of esters is 1. The van der Waals surface area contributed by atoms with Crippen molar-refractivity contribution in [1.29, 1.82) is 0 Å². The summed E-state index contributed by atoms with van der Waals surface area (Å²) in [6.45, 7) is 0.461. The Morgan fingerprint density at radius 1 is 1.69 bits per heavy atom. The first-order valence-electron chi connectivity index (χ1n) is 3.98.